The molecule has 35 heavy (non-hydrogen) atoms. The Morgan fingerprint density at radius 1 is 1.00 bits per heavy atom. The highest BCUT2D eigenvalue weighted by atomic mass is 16.7. The molecule has 0 radical (unpaired) electrons. The summed E-state index contributed by atoms with van der Waals surface area (Å²) in [5.41, 5.74) is 0.923. The molecule has 0 bridgehead atoms. The van der Waals surface area contributed by atoms with Gasteiger partial charge in [0.15, 0.2) is 6.29 Å². The van der Waals surface area contributed by atoms with Crippen LogP contribution in [0.25, 0.3) is 0 Å². The van der Waals surface area contributed by atoms with Crippen molar-refractivity contribution in [3.8, 4) is 0 Å². The molecule has 0 spiro atoms. The zero-order valence-corrected chi connectivity index (χ0v) is 20.3. The number of nitrogens with one attached hydrogen (secondary N) is 1. The van der Waals surface area contributed by atoms with E-state index in [2.05, 4.69) is 10.1 Å². The van der Waals surface area contributed by atoms with Gasteiger partial charge in [0, 0.05) is 13.0 Å². The molecular weight excluding hydrogens is 458 g/mol. The second-order valence-electron chi connectivity index (χ2n) is 8.60. The van der Waals surface area contributed by atoms with Crippen LogP contribution < -0.4 is 5.32 Å². The molecule has 1 amide bonds. The van der Waals surface area contributed by atoms with Crippen molar-refractivity contribution in [1.82, 2.24) is 5.32 Å². The van der Waals surface area contributed by atoms with Gasteiger partial charge in [-0.2, -0.15) is 0 Å². The number of carbonyl (C=O) groups is 2. The molecule has 1 aromatic rings. The van der Waals surface area contributed by atoms with Crippen molar-refractivity contribution in [2.45, 2.75) is 82.2 Å². The van der Waals surface area contributed by atoms with Crippen molar-refractivity contribution >= 4 is 11.9 Å². The lowest BCUT2D eigenvalue weighted by molar-refractivity contribution is -0.270. The maximum Gasteiger partial charge on any atom is 0.305 e. The second-order valence-corrected chi connectivity index (χ2v) is 8.60. The van der Waals surface area contributed by atoms with Crippen LogP contribution in [0.2, 0.25) is 0 Å². The third-order valence-electron chi connectivity index (χ3n) is 5.84. The number of amides is 1. The van der Waals surface area contributed by atoms with E-state index in [-0.39, 0.29) is 19.2 Å². The molecule has 10 nitrogen and oxygen atoms in total. The molecule has 198 valence electrons. The van der Waals surface area contributed by atoms with Crippen molar-refractivity contribution in [3.63, 3.8) is 0 Å². The molecule has 1 fully saturated rings. The quantitative estimate of drug-likeness (QED) is 0.195. The Bertz CT molecular complexity index is 733. The first-order valence-electron chi connectivity index (χ1n) is 12.2. The number of benzene rings is 1. The fourth-order valence-electron chi connectivity index (χ4n) is 3.82. The van der Waals surface area contributed by atoms with E-state index in [1.54, 1.807) is 0 Å². The van der Waals surface area contributed by atoms with Gasteiger partial charge in [-0.25, -0.2) is 0 Å². The van der Waals surface area contributed by atoms with Crippen molar-refractivity contribution in [2.24, 2.45) is 0 Å². The van der Waals surface area contributed by atoms with Crippen LogP contribution in [0.5, 0.6) is 0 Å². The third-order valence-corrected chi connectivity index (χ3v) is 5.84. The Hall–Kier alpha value is -2.08. The zero-order valence-electron chi connectivity index (χ0n) is 20.3. The molecule has 5 atom stereocenters. The van der Waals surface area contributed by atoms with Crippen LogP contribution in [-0.2, 0) is 35.1 Å². The molecule has 4 N–H and O–H groups in total. The smallest absolute Gasteiger partial charge is 0.305 e. The van der Waals surface area contributed by atoms with Gasteiger partial charge in [0.25, 0.3) is 0 Å². The number of hydrogen-bond acceptors (Lipinski definition) is 9. The summed E-state index contributed by atoms with van der Waals surface area (Å²) < 4.78 is 21.4. The molecule has 10 heteroatoms. The number of aliphatic hydroxyl groups excluding tert-OH is 3. The highest BCUT2D eigenvalue weighted by Crippen LogP contribution is 2.22. The summed E-state index contributed by atoms with van der Waals surface area (Å²) in [6, 6.07) is 8.39. The van der Waals surface area contributed by atoms with Gasteiger partial charge in [0.2, 0.25) is 5.91 Å². The van der Waals surface area contributed by atoms with E-state index in [0.29, 0.717) is 13.0 Å². The first-order chi connectivity index (χ1) is 17.0. The lowest BCUT2D eigenvalue weighted by Crippen LogP contribution is -2.65. The average molecular weight is 498 g/mol. The number of ether oxygens (including phenoxy) is 4. The van der Waals surface area contributed by atoms with Gasteiger partial charge < -0.3 is 39.6 Å². The summed E-state index contributed by atoms with van der Waals surface area (Å²) in [4.78, 5) is 23.5. The highest BCUT2D eigenvalue weighted by molar-refractivity contribution is 5.77. The van der Waals surface area contributed by atoms with Gasteiger partial charge in [0.1, 0.15) is 31.0 Å². The topological polar surface area (TPSA) is 144 Å². The number of methoxy groups -OCH3 is 1. The molecule has 1 saturated heterocycles. The van der Waals surface area contributed by atoms with Gasteiger partial charge in [-0.1, -0.05) is 56.0 Å². The Kier molecular flexibility index (Phi) is 13.8. The van der Waals surface area contributed by atoms with Crippen molar-refractivity contribution in [3.05, 3.63) is 35.9 Å². The van der Waals surface area contributed by atoms with E-state index in [4.69, 9.17) is 14.2 Å². The first kappa shape index (κ1) is 29.2. The van der Waals surface area contributed by atoms with Gasteiger partial charge in [-0.05, 0) is 18.4 Å². The van der Waals surface area contributed by atoms with Gasteiger partial charge in [-0.15, -0.1) is 0 Å². The van der Waals surface area contributed by atoms with Crippen molar-refractivity contribution < 1.29 is 43.9 Å². The molecule has 1 aliphatic heterocycles. The van der Waals surface area contributed by atoms with E-state index in [0.717, 1.165) is 44.1 Å². The number of unbranched alkanes of at least 4 members (excludes halogenated alkanes) is 5. The molecule has 0 saturated carbocycles. The van der Waals surface area contributed by atoms with Crippen molar-refractivity contribution in [2.75, 3.05) is 26.9 Å². The van der Waals surface area contributed by atoms with Crippen molar-refractivity contribution in [1.29, 1.82) is 0 Å². The van der Waals surface area contributed by atoms with Crippen LogP contribution in [0.3, 0.4) is 0 Å². The minimum Gasteiger partial charge on any atom is -0.469 e. The maximum atomic E-state index is 12.4. The van der Waals surface area contributed by atoms with Crippen LogP contribution in [0.15, 0.2) is 30.3 Å². The summed E-state index contributed by atoms with van der Waals surface area (Å²) >= 11 is 0. The average Bonchev–Trinajstić information content (AvgIpc) is 2.87. The lowest BCUT2D eigenvalue weighted by Gasteiger charge is -2.42. The number of esters is 1. The Morgan fingerprint density at radius 3 is 2.37 bits per heavy atom. The maximum absolute atomic E-state index is 12.4. The number of rotatable bonds is 16. The molecule has 0 aliphatic carbocycles. The van der Waals surface area contributed by atoms with Crippen LogP contribution in [0, 0.1) is 0 Å². The number of aliphatic hydroxyl groups is 3. The summed E-state index contributed by atoms with van der Waals surface area (Å²) in [6.07, 6.45) is 1.01. The van der Waals surface area contributed by atoms with Crippen LogP contribution in [0.4, 0.5) is 0 Å². The Balaban J connectivity index is 1.73. The largest absolute Gasteiger partial charge is 0.469 e. The Labute approximate surface area is 206 Å². The normalized spacial score (nSPS) is 24.2. The van der Waals surface area contributed by atoms with E-state index >= 15 is 0 Å². The van der Waals surface area contributed by atoms with Crippen LogP contribution in [-0.4, -0.2) is 84.8 Å². The van der Waals surface area contributed by atoms with Crippen LogP contribution in [0.1, 0.15) is 50.5 Å². The molecule has 2 rings (SSSR count). The van der Waals surface area contributed by atoms with E-state index in [1.165, 1.54) is 7.11 Å². The second kappa shape index (κ2) is 16.6. The fraction of sp³-hybridized carbons (Fsp3) is 0.680. The lowest BCUT2D eigenvalue weighted by atomic mass is 9.97. The predicted molar refractivity (Wildman–Crippen MR) is 126 cm³/mol. The summed E-state index contributed by atoms with van der Waals surface area (Å²) in [5, 5.41) is 32.8. The molecule has 3 unspecified atom stereocenters. The molecule has 0 aromatic heterocycles. The number of hydrogen-bond donors (Lipinski definition) is 4. The molecule has 1 aliphatic rings. The predicted octanol–water partition coefficient (Wildman–Crippen LogP) is 1.05. The molecule has 1 heterocycles. The van der Waals surface area contributed by atoms with Gasteiger partial charge in [0.05, 0.1) is 20.3 Å². The number of carbonyl (C=O) groups excluding carboxylic acids is 2. The minimum atomic E-state index is -1.38. The SMILES string of the molecule is COC(=O)CCCCCCCCO[C@@H]1OC(CO)[C@@H](O)C(O)C1NC(=O)COCc1ccccc1. The highest BCUT2D eigenvalue weighted by Gasteiger charge is 2.45. The van der Waals surface area contributed by atoms with Crippen LogP contribution >= 0.6 is 0 Å². The van der Waals surface area contributed by atoms with Gasteiger partial charge in [-0.3, -0.25) is 9.59 Å². The van der Waals surface area contributed by atoms with E-state index in [9.17, 15) is 24.9 Å². The van der Waals surface area contributed by atoms with E-state index < -0.39 is 43.2 Å². The fourth-order valence-corrected chi connectivity index (χ4v) is 3.82. The van der Waals surface area contributed by atoms with Gasteiger partial charge >= 0.3 is 5.97 Å². The zero-order chi connectivity index (χ0) is 25.5. The molecular formula is C25H39NO9. The molecule has 1 aromatic carbocycles. The monoisotopic (exact) mass is 497 g/mol. The summed E-state index contributed by atoms with van der Waals surface area (Å²) in [5.74, 6) is -0.674. The summed E-state index contributed by atoms with van der Waals surface area (Å²) in [7, 11) is 1.39. The Morgan fingerprint density at radius 2 is 1.69 bits per heavy atom. The summed E-state index contributed by atoms with van der Waals surface area (Å²) in [6.45, 7) is -0.147. The minimum absolute atomic E-state index is 0.191. The first-order valence-corrected chi connectivity index (χ1v) is 12.2. The standard InChI is InChI=1S/C25H39NO9/c1-32-21(29)13-9-4-2-3-5-10-14-34-25-22(24(31)23(30)19(15-27)35-25)26-20(28)17-33-16-18-11-7-6-8-12-18/h6-8,11-12,19,22-25,27,30-31H,2-5,9-10,13-17H2,1H3,(H,26,28)/t19?,22?,23-,24?,25-/m1/s1. The third kappa shape index (κ3) is 10.6. The van der Waals surface area contributed by atoms with E-state index in [1.807, 2.05) is 30.3 Å².